The monoisotopic (exact) mass is 301 g/mol. The van der Waals surface area contributed by atoms with Gasteiger partial charge in [-0.05, 0) is 17.5 Å². The molecule has 1 heterocycles. The molecule has 0 atom stereocenters. The van der Waals surface area contributed by atoms with Crippen LogP contribution in [0.3, 0.4) is 0 Å². The summed E-state index contributed by atoms with van der Waals surface area (Å²) in [6, 6.07) is 10.5. The largest absolute Gasteiger partial charge is 0.440 e. The molecule has 1 aromatic heterocycles. The van der Waals surface area contributed by atoms with Gasteiger partial charge in [0.2, 0.25) is 0 Å². The van der Waals surface area contributed by atoms with Crippen molar-refractivity contribution in [3.05, 3.63) is 41.8 Å². The molecule has 3 nitrogen and oxygen atoms in total. The first-order valence-corrected chi connectivity index (χ1v) is 6.47. The number of nitrogens with one attached hydrogen (secondary N) is 1. The third kappa shape index (κ3) is 3.99. The Hall–Kier alpha value is -2.02. The summed E-state index contributed by atoms with van der Waals surface area (Å²) >= 11 is 1.46. The molecule has 0 aliphatic rings. The number of ether oxygens (including phenoxy) is 1. The standard InChI is InChI=1S/C13H10F3NO2S/c14-13(15,16)8-19-12(18)17-10-5-2-1-4-9(10)11-6-3-7-20-11/h1-7H,8H2,(H,17,18). The fourth-order valence-electron chi connectivity index (χ4n) is 1.53. The van der Waals surface area contributed by atoms with Crippen molar-refractivity contribution in [2.45, 2.75) is 6.18 Å². The summed E-state index contributed by atoms with van der Waals surface area (Å²) in [5.74, 6) is 0. The summed E-state index contributed by atoms with van der Waals surface area (Å²) in [6.45, 7) is -1.61. The molecule has 0 unspecified atom stereocenters. The van der Waals surface area contributed by atoms with E-state index in [2.05, 4.69) is 10.1 Å². The van der Waals surface area contributed by atoms with Crippen LogP contribution in [0.1, 0.15) is 0 Å². The summed E-state index contributed by atoms with van der Waals surface area (Å²) in [6.07, 6.45) is -5.67. The van der Waals surface area contributed by atoms with E-state index < -0.39 is 18.9 Å². The van der Waals surface area contributed by atoms with E-state index in [1.54, 1.807) is 24.3 Å². The Balaban J connectivity index is 2.08. The molecule has 7 heteroatoms. The van der Waals surface area contributed by atoms with Gasteiger partial charge in [-0.2, -0.15) is 13.2 Å². The average molecular weight is 301 g/mol. The number of anilines is 1. The van der Waals surface area contributed by atoms with Gasteiger partial charge in [0.05, 0.1) is 5.69 Å². The summed E-state index contributed by atoms with van der Waals surface area (Å²) < 4.78 is 40.0. The number of amides is 1. The molecule has 0 fully saturated rings. The van der Waals surface area contributed by atoms with Gasteiger partial charge in [-0.25, -0.2) is 4.79 Å². The quantitative estimate of drug-likeness (QED) is 0.904. The fourth-order valence-corrected chi connectivity index (χ4v) is 2.30. The molecule has 0 aliphatic carbocycles. The molecule has 2 rings (SSSR count). The van der Waals surface area contributed by atoms with Crippen LogP contribution < -0.4 is 5.32 Å². The highest BCUT2D eigenvalue weighted by molar-refractivity contribution is 7.13. The van der Waals surface area contributed by atoms with Crippen LogP contribution in [0.2, 0.25) is 0 Å². The highest BCUT2D eigenvalue weighted by Crippen LogP contribution is 2.31. The van der Waals surface area contributed by atoms with Gasteiger partial charge in [-0.3, -0.25) is 5.32 Å². The SMILES string of the molecule is O=C(Nc1ccccc1-c1cccs1)OCC(F)(F)F. The Morgan fingerprint density at radius 3 is 2.60 bits per heavy atom. The molecule has 1 N–H and O–H groups in total. The Labute approximate surface area is 117 Å². The topological polar surface area (TPSA) is 38.3 Å². The van der Waals surface area contributed by atoms with Crippen molar-refractivity contribution in [2.75, 3.05) is 11.9 Å². The zero-order valence-electron chi connectivity index (χ0n) is 10.1. The molecule has 20 heavy (non-hydrogen) atoms. The zero-order valence-corrected chi connectivity index (χ0v) is 10.9. The number of hydrogen-bond donors (Lipinski definition) is 1. The molecule has 2 aromatic rings. The lowest BCUT2D eigenvalue weighted by Crippen LogP contribution is -2.23. The molecule has 106 valence electrons. The van der Waals surface area contributed by atoms with Crippen LogP contribution >= 0.6 is 11.3 Å². The maximum atomic E-state index is 12.0. The molecule has 1 aromatic carbocycles. The van der Waals surface area contributed by atoms with Crippen molar-refractivity contribution in [1.82, 2.24) is 0 Å². The number of thiophene rings is 1. The molecule has 0 aliphatic heterocycles. The van der Waals surface area contributed by atoms with Crippen LogP contribution in [0.5, 0.6) is 0 Å². The molecular weight excluding hydrogens is 291 g/mol. The van der Waals surface area contributed by atoms with Gasteiger partial charge >= 0.3 is 12.3 Å². The van der Waals surface area contributed by atoms with Crippen molar-refractivity contribution in [3.63, 3.8) is 0 Å². The van der Waals surface area contributed by atoms with Crippen LogP contribution in [-0.4, -0.2) is 18.9 Å². The normalized spacial score (nSPS) is 11.2. The van der Waals surface area contributed by atoms with Crippen molar-refractivity contribution in [3.8, 4) is 10.4 Å². The van der Waals surface area contributed by atoms with Crippen LogP contribution in [0.25, 0.3) is 10.4 Å². The number of benzene rings is 1. The molecule has 1 amide bonds. The van der Waals surface area contributed by atoms with Crippen molar-refractivity contribution < 1.29 is 22.7 Å². The average Bonchev–Trinajstić information content (AvgIpc) is 2.90. The van der Waals surface area contributed by atoms with Gasteiger partial charge < -0.3 is 4.74 Å². The van der Waals surface area contributed by atoms with Crippen LogP contribution in [0, 0.1) is 0 Å². The minimum absolute atomic E-state index is 0.405. The predicted molar refractivity (Wildman–Crippen MR) is 70.8 cm³/mol. The van der Waals surface area contributed by atoms with Gasteiger partial charge in [0.25, 0.3) is 0 Å². The second-order valence-corrected chi connectivity index (χ2v) is 4.79. The molecule has 0 bridgehead atoms. The number of hydrogen-bond acceptors (Lipinski definition) is 3. The second kappa shape index (κ2) is 5.96. The van der Waals surface area contributed by atoms with Crippen molar-refractivity contribution >= 4 is 23.1 Å². The van der Waals surface area contributed by atoms with E-state index in [9.17, 15) is 18.0 Å². The van der Waals surface area contributed by atoms with E-state index in [1.807, 2.05) is 17.5 Å². The van der Waals surface area contributed by atoms with Gasteiger partial charge in [0.15, 0.2) is 6.61 Å². The Bertz CT molecular complexity index is 582. The van der Waals surface area contributed by atoms with Crippen LogP contribution in [0.15, 0.2) is 41.8 Å². The third-order valence-electron chi connectivity index (χ3n) is 2.32. The first-order valence-electron chi connectivity index (χ1n) is 5.59. The number of halogens is 3. The lowest BCUT2D eigenvalue weighted by Gasteiger charge is -2.11. The van der Waals surface area contributed by atoms with E-state index in [4.69, 9.17) is 0 Å². The molecular formula is C13H10F3NO2S. The maximum absolute atomic E-state index is 12.0. The third-order valence-corrected chi connectivity index (χ3v) is 3.22. The van der Waals surface area contributed by atoms with Gasteiger partial charge in [0.1, 0.15) is 0 Å². The van der Waals surface area contributed by atoms with E-state index in [-0.39, 0.29) is 0 Å². The summed E-state index contributed by atoms with van der Waals surface area (Å²) in [5, 5.41) is 4.19. The van der Waals surface area contributed by atoms with Crippen LogP contribution in [-0.2, 0) is 4.74 Å². The Morgan fingerprint density at radius 2 is 1.95 bits per heavy atom. The van der Waals surface area contributed by atoms with E-state index in [1.165, 1.54) is 11.3 Å². The predicted octanol–water partition coefficient (Wildman–Crippen LogP) is 4.53. The molecule has 0 spiro atoms. The first kappa shape index (κ1) is 14.4. The van der Waals surface area contributed by atoms with Crippen LogP contribution in [0.4, 0.5) is 23.7 Å². The van der Waals surface area contributed by atoms with Crippen molar-refractivity contribution in [2.24, 2.45) is 0 Å². The lowest BCUT2D eigenvalue weighted by atomic mass is 10.1. The minimum Gasteiger partial charge on any atom is -0.440 e. The van der Waals surface area contributed by atoms with Gasteiger partial charge in [-0.15, -0.1) is 11.3 Å². The van der Waals surface area contributed by atoms with Crippen molar-refractivity contribution in [1.29, 1.82) is 0 Å². The summed E-state index contributed by atoms with van der Waals surface area (Å²) in [4.78, 5) is 12.3. The highest BCUT2D eigenvalue weighted by Gasteiger charge is 2.29. The molecule has 0 radical (unpaired) electrons. The van der Waals surface area contributed by atoms with Gasteiger partial charge in [0, 0.05) is 10.4 Å². The second-order valence-electron chi connectivity index (χ2n) is 3.84. The van der Waals surface area contributed by atoms with Gasteiger partial charge in [-0.1, -0.05) is 24.3 Å². The molecule has 0 saturated carbocycles. The fraction of sp³-hybridized carbons (Fsp3) is 0.154. The number of rotatable bonds is 3. The summed E-state index contributed by atoms with van der Waals surface area (Å²) in [5.41, 5.74) is 1.13. The van der Waals surface area contributed by atoms with E-state index >= 15 is 0 Å². The number of alkyl halides is 3. The summed E-state index contributed by atoms with van der Waals surface area (Å²) in [7, 11) is 0. The highest BCUT2D eigenvalue weighted by atomic mass is 32.1. The smallest absolute Gasteiger partial charge is 0.422 e. The molecule has 0 saturated heterocycles. The first-order chi connectivity index (χ1) is 9.46. The Kier molecular flexibility index (Phi) is 4.29. The number of carbonyl (C=O) groups excluding carboxylic acids is 1. The van der Waals surface area contributed by atoms with E-state index in [0.717, 1.165) is 10.4 Å². The number of carbonyl (C=O) groups is 1. The zero-order chi connectivity index (χ0) is 14.6. The number of para-hydroxylation sites is 1. The Morgan fingerprint density at radius 1 is 1.20 bits per heavy atom. The van der Waals surface area contributed by atoms with E-state index in [0.29, 0.717) is 5.69 Å². The lowest BCUT2D eigenvalue weighted by molar-refractivity contribution is -0.159. The maximum Gasteiger partial charge on any atom is 0.422 e. The minimum atomic E-state index is -4.54.